The Bertz CT molecular complexity index is 792. The number of fused-ring (bicyclic) bond motifs is 1. The molecule has 0 unspecified atom stereocenters. The minimum atomic E-state index is -0.0764. The first-order valence-electron chi connectivity index (χ1n) is 9.48. The number of hydrogen-bond donors (Lipinski definition) is 1. The molecular weight excluding hydrogens is 340 g/mol. The molecule has 0 fully saturated rings. The van der Waals surface area contributed by atoms with Crippen LogP contribution in [0.25, 0.3) is 0 Å². The monoisotopic (exact) mass is 368 g/mol. The van der Waals surface area contributed by atoms with Gasteiger partial charge in [-0.1, -0.05) is 31.5 Å². The van der Waals surface area contributed by atoms with Crippen LogP contribution in [-0.2, 0) is 6.42 Å². The summed E-state index contributed by atoms with van der Waals surface area (Å²) in [7, 11) is 3.31. The van der Waals surface area contributed by atoms with Crippen molar-refractivity contribution >= 4 is 5.91 Å². The van der Waals surface area contributed by atoms with E-state index in [-0.39, 0.29) is 18.0 Å². The molecule has 1 aliphatic heterocycles. The third kappa shape index (κ3) is 3.93. The molecule has 0 saturated carbocycles. The van der Waals surface area contributed by atoms with Gasteiger partial charge in [0.2, 0.25) is 0 Å². The molecule has 0 saturated heterocycles. The zero-order valence-corrected chi connectivity index (χ0v) is 16.5. The van der Waals surface area contributed by atoms with Gasteiger partial charge in [0.05, 0.1) is 20.3 Å². The molecule has 0 bridgehead atoms. The molecular formula is C22H28N2O3. The molecule has 5 heteroatoms. The summed E-state index contributed by atoms with van der Waals surface area (Å²) in [4.78, 5) is 12.7. The number of benzene rings is 2. The highest BCUT2D eigenvalue weighted by Crippen LogP contribution is 2.40. The summed E-state index contributed by atoms with van der Waals surface area (Å²) in [5, 5.41) is 2.10. The number of ether oxygens (including phenoxy) is 2. The Morgan fingerprint density at radius 2 is 1.81 bits per heavy atom. The van der Waals surface area contributed by atoms with Crippen molar-refractivity contribution in [1.29, 1.82) is 0 Å². The summed E-state index contributed by atoms with van der Waals surface area (Å²) in [6, 6.07) is 13.7. The van der Waals surface area contributed by atoms with Gasteiger partial charge in [-0.05, 0) is 55.2 Å². The smallest absolute Gasteiger partial charge is 0.265 e. The molecule has 0 aromatic heterocycles. The molecule has 2 atom stereocenters. The third-order valence-electron chi connectivity index (χ3n) is 5.16. The Morgan fingerprint density at radius 1 is 1.15 bits per heavy atom. The van der Waals surface area contributed by atoms with Crippen LogP contribution in [0.3, 0.4) is 0 Å². The number of hydrazine groups is 1. The van der Waals surface area contributed by atoms with Crippen LogP contribution in [0.15, 0.2) is 42.5 Å². The first-order valence-corrected chi connectivity index (χ1v) is 9.48. The first-order chi connectivity index (χ1) is 13.1. The maximum atomic E-state index is 12.7. The predicted molar refractivity (Wildman–Crippen MR) is 106 cm³/mol. The number of carbonyl (C=O) groups excluding carboxylic acids is 1. The zero-order chi connectivity index (χ0) is 19.4. The van der Waals surface area contributed by atoms with E-state index in [9.17, 15) is 4.79 Å². The maximum absolute atomic E-state index is 12.7. The van der Waals surface area contributed by atoms with Gasteiger partial charge in [-0.3, -0.25) is 10.2 Å². The van der Waals surface area contributed by atoms with Crippen molar-refractivity contribution in [1.82, 2.24) is 10.4 Å². The number of rotatable bonds is 6. The van der Waals surface area contributed by atoms with Gasteiger partial charge < -0.3 is 9.47 Å². The number of hydrogen-bond acceptors (Lipinski definition) is 4. The number of methoxy groups -OCH3 is 2. The minimum Gasteiger partial charge on any atom is -0.493 e. The van der Waals surface area contributed by atoms with Gasteiger partial charge in [0.25, 0.3) is 5.91 Å². The molecule has 1 heterocycles. The van der Waals surface area contributed by atoms with Crippen LogP contribution in [0.1, 0.15) is 54.2 Å². The van der Waals surface area contributed by atoms with Gasteiger partial charge in [-0.25, -0.2) is 5.01 Å². The number of nitrogens with one attached hydrogen (secondary N) is 1. The fourth-order valence-electron chi connectivity index (χ4n) is 3.82. The lowest BCUT2D eigenvalue weighted by atomic mass is 9.87. The second-order valence-electron chi connectivity index (χ2n) is 6.98. The van der Waals surface area contributed by atoms with Gasteiger partial charge in [-0.15, -0.1) is 0 Å². The Labute approximate surface area is 161 Å². The van der Waals surface area contributed by atoms with E-state index < -0.39 is 0 Å². The molecule has 2 aromatic carbocycles. The van der Waals surface area contributed by atoms with Crippen molar-refractivity contribution in [3.05, 3.63) is 59.2 Å². The maximum Gasteiger partial charge on any atom is 0.265 e. The van der Waals surface area contributed by atoms with E-state index >= 15 is 0 Å². The van der Waals surface area contributed by atoms with Gasteiger partial charge in [-0.2, -0.15) is 0 Å². The summed E-state index contributed by atoms with van der Waals surface area (Å²) in [5.41, 5.74) is 6.26. The molecule has 1 N–H and O–H groups in total. The van der Waals surface area contributed by atoms with Crippen LogP contribution in [-0.4, -0.2) is 31.2 Å². The third-order valence-corrected chi connectivity index (χ3v) is 5.16. The normalized spacial score (nSPS) is 19.3. The lowest BCUT2D eigenvalue weighted by Gasteiger charge is -2.42. The standard InChI is InChI=1S/C22H28N2O3/c1-5-9-19-18-14-21(27-4)20(26-3)13-17(18)12-15(2)24(19)23-22(25)16-10-7-6-8-11-16/h6-8,10-11,13-15,19H,5,9,12H2,1-4H3,(H,23,25)/t15-,19-/m1/s1. The summed E-state index contributed by atoms with van der Waals surface area (Å²) in [5.74, 6) is 1.40. The highest BCUT2D eigenvalue weighted by molar-refractivity contribution is 5.93. The zero-order valence-electron chi connectivity index (χ0n) is 16.5. The average molecular weight is 368 g/mol. The summed E-state index contributed by atoms with van der Waals surface area (Å²) >= 11 is 0. The van der Waals surface area contributed by atoms with Gasteiger partial charge in [0, 0.05) is 11.6 Å². The van der Waals surface area contributed by atoms with E-state index in [0.29, 0.717) is 5.56 Å². The van der Waals surface area contributed by atoms with Crippen LogP contribution in [0.2, 0.25) is 0 Å². The largest absolute Gasteiger partial charge is 0.493 e. The molecule has 2 aromatic rings. The van der Waals surface area contributed by atoms with E-state index in [1.807, 2.05) is 30.3 Å². The molecule has 144 valence electrons. The quantitative estimate of drug-likeness (QED) is 0.833. The van der Waals surface area contributed by atoms with Crippen LogP contribution < -0.4 is 14.9 Å². The highest BCUT2D eigenvalue weighted by atomic mass is 16.5. The van der Waals surface area contributed by atoms with Gasteiger partial charge in [0.15, 0.2) is 11.5 Å². The van der Waals surface area contributed by atoms with Gasteiger partial charge in [0.1, 0.15) is 0 Å². The van der Waals surface area contributed by atoms with Crippen molar-refractivity contribution in [2.45, 2.75) is 45.2 Å². The van der Waals surface area contributed by atoms with Gasteiger partial charge >= 0.3 is 0 Å². The van der Waals surface area contributed by atoms with E-state index in [0.717, 1.165) is 30.8 Å². The molecule has 27 heavy (non-hydrogen) atoms. The van der Waals surface area contributed by atoms with Crippen LogP contribution in [0.5, 0.6) is 11.5 Å². The Morgan fingerprint density at radius 3 is 2.44 bits per heavy atom. The SMILES string of the molecule is CCC[C@@H]1c2cc(OC)c(OC)cc2C[C@@H](C)N1NC(=O)c1ccccc1. The average Bonchev–Trinajstić information content (AvgIpc) is 2.70. The second-order valence-corrected chi connectivity index (χ2v) is 6.98. The van der Waals surface area contributed by atoms with Crippen molar-refractivity contribution in [2.75, 3.05) is 14.2 Å². The molecule has 0 spiro atoms. The lowest BCUT2D eigenvalue weighted by molar-refractivity contribution is 0.0431. The topological polar surface area (TPSA) is 50.8 Å². The second kappa shape index (κ2) is 8.44. The molecule has 1 amide bonds. The summed E-state index contributed by atoms with van der Waals surface area (Å²) < 4.78 is 11.0. The fourth-order valence-corrected chi connectivity index (χ4v) is 3.82. The van der Waals surface area contributed by atoms with E-state index in [2.05, 4.69) is 36.4 Å². The van der Waals surface area contributed by atoms with Crippen molar-refractivity contribution in [3.8, 4) is 11.5 Å². The molecule has 0 aliphatic carbocycles. The molecule has 5 nitrogen and oxygen atoms in total. The number of nitrogens with zero attached hydrogens (tertiary/aromatic N) is 1. The number of carbonyl (C=O) groups is 1. The van der Waals surface area contributed by atoms with Crippen LogP contribution in [0, 0.1) is 0 Å². The summed E-state index contributed by atoms with van der Waals surface area (Å²) in [6.07, 6.45) is 2.80. The highest BCUT2D eigenvalue weighted by Gasteiger charge is 2.34. The molecule has 3 rings (SSSR count). The fraction of sp³-hybridized carbons (Fsp3) is 0.409. The summed E-state index contributed by atoms with van der Waals surface area (Å²) in [6.45, 7) is 4.31. The lowest BCUT2D eigenvalue weighted by Crippen LogP contribution is -2.52. The first kappa shape index (κ1) is 19.2. The Balaban J connectivity index is 1.94. The van der Waals surface area contributed by atoms with E-state index in [4.69, 9.17) is 9.47 Å². The van der Waals surface area contributed by atoms with Crippen molar-refractivity contribution in [2.24, 2.45) is 0 Å². The van der Waals surface area contributed by atoms with Crippen molar-refractivity contribution in [3.63, 3.8) is 0 Å². The Kier molecular flexibility index (Phi) is 6.01. The van der Waals surface area contributed by atoms with E-state index in [1.165, 1.54) is 11.1 Å². The number of amides is 1. The molecule has 1 aliphatic rings. The predicted octanol–water partition coefficient (Wildman–Crippen LogP) is 4.14. The van der Waals surface area contributed by atoms with Crippen LogP contribution in [0.4, 0.5) is 0 Å². The van der Waals surface area contributed by atoms with Crippen LogP contribution >= 0.6 is 0 Å². The van der Waals surface area contributed by atoms with Crippen molar-refractivity contribution < 1.29 is 14.3 Å². The van der Waals surface area contributed by atoms with E-state index in [1.54, 1.807) is 14.2 Å². The Hall–Kier alpha value is -2.53. The minimum absolute atomic E-state index is 0.0764. The molecule has 0 radical (unpaired) electrons.